The van der Waals surface area contributed by atoms with Crippen LogP contribution in [0.4, 0.5) is 11.4 Å². The van der Waals surface area contributed by atoms with Gasteiger partial charge in [0.15, 0.2) is 11.6 Å². The Bertz CT molecular complexity index is 2320. The van der Waals surface area contributed by atoms with E-state index in [4.69, 9.17) is 19.0 Å². The molecule has 18 nitrogen and oxygen atoms in total. The van der Waals surface area contributed by atoms with Crippen LogP contribution in [0.5, 0.6) is 5.75 Å². The molecule has 1 atom stereocenters. The fraction of sp³-hybridized carbons (Fsp3) is 0.356. The largest absolute Gasteiger partial charge is 0.494 e. The maximum Gasteiger partial charge on any atom is 0.255 e. The summed E-state index contributed by atoms with van der Waals surface area (Å²) >= 11 is 0. The summed E-state index contributed by atoms with van der Waals surface area (Å²) in [5.41, 5.74) is 9.88. The van der Waals surface area contributed by atoms with Crippen molar-refractivity contribution in [3.05, 3.63) is 113 Å². The predicted octanol–water partition coefficient (Wildman–Crippen LogP) is 3.95. The summed E-state index contributed by atoms with van der Waals surface area (Å²) in [7, 11) is 1.93. The Morgan fingerprint density at radius 3 is 2.49 bits per heavy atom. The van der Waals surface area contributed by atoms with Crippen molar-refractivity contribution in [3.8, 4) is 17.3 Å². The first kappa shape index (κ1) is 45.5. The number of nitrogens with zero attached hydrogens (tertiary/aromatic N) is 6. The fourth-order valence-electron chi connectivity index (χ4n) is 7.17. The average Bonchev–Trinajstić information content (AvgIpc) is 3.83. The van der Waals surface area contributed by atoms with Crippen molar-refractivity contribution in [1.29, 1.82) is 0 Å². The molecule has 5 N–H and O–H groups in total. The molecule has 1 saturated heterocycles. The quantitative estimate of drug-likeness (QED) is 0.0466. The van der Waals surface area contributed by atoms with Gasteiger partial charge in [0.2, 0.25) is 24.1 Å². The van der Waals surface area contributed by atoms with Gasteiger partial charge in [-0.2, -0.15) is 0 Å². The fourth-order valence-corrected chi connectivity index (χ4v) is 7.17. The maximum absolute atomic E-state index is 13.0. The highest BCUT2D eigenvalue weighted by atomic mass is 16.5. The van der Waals surface area contributed by atoms with Crippen molar-refractivity contribution in [2.45, 2.75) is 64.1 Å². The van der Waals surface area contributed by atoms with Gasteiger partial charge in [-0.3, -0.25) is 29.3 Å². The lowest BCUT2D eigenvalue weighted by molar-refractivity contribution is -0.137. The number of piperidine rings is 1. The average molecular weight is 861 g/mol. The van der Waals surface area contributed by atoms with Crippen LogP contribution in [-0.4, -0.2) is 98.7 Å². The van der Waals surface area contributed by atoms with Gasteiger partial charge in [0.25, 0.3) is 5.91 Å². The molecule has 2 aliphatic rings. The highest BCUT2D eigenvalue weighted by Crippen LogP contribution is 2.32. The molecule has 2 aliphatic heterocycles. The second-order valence-electron chi connectivity index (χ2n) is 14.8. The number of aromatic nitrogens is 5. The van der Waals surface area contributed by atoms with Crippen molar-refractivity contribution in [2.24, 2.45) is 12.8 Å². The van der Waals surface area contributed by atoms with Crippen molar-refractivity contribution in [3.63, 3.8) is 0 Å². The number of ether oxygens (including phenoxy) is 3. The zero-order valence-corrected chi connectivity index (χ0v) is 35.2. The normalized spacial score (nSPS) is 14.3. The first-order valence-electron chi connectivity index (χ1n) is 20.8. The molecule has 5 amide bonds. The van der Waals surface area contributed by atoms with Gasteiger partial charge in [0.1, 0.15) is 30.4 Å². The number of anilines is 2. The number of rotatable bonds is 21. The van der Waals surface area contributed by atoms with Gasteiger partial charge in [0, 0.05) is 68.5 Å². The Hall–Kier alpha value is -7.05. The summed E-state index contributed by atoms with van der Waals surface area (Å²) in [4.78, 5) is 67.8. The third kappa shape index (κ3) is 13.0. The molecule has 0 saturated carbocycles. The Morgan fingerprint density at radius 1 is 0.921 bits per heavy atom. The van der Waals surface area contributed by atoms with Crippen LogP contribution in [0.1, 0.15) is 71.4 Å². The summed E-state index contributed by atoms with van der Waals surface area (Å²) in [5, 5.41) is 17.2. The molecule has 0 spiro atoms. The number of nitrogens with one attached hydrogen (secondary N) is 3. The first-order chi connectivity index (χ1) is 30.7. The molecule has 0 bridgehead atoms. The van der Waals surface area contributed by atoms with E-state index in [1.165, 1.54) is 22.4 Å². The number of carbonyl (C=O) groups is 5. The number of fused-ring (bicyclic) bond motifs is 1. The van der Waals surface area contributed by atoms with E-state index in [2.05, 4.69) is 72.2 Å². The number of unbranched alkanes of at least 4 members (excludes halogenated alkanes) is 2. The Kier molecular flexibility index (Phi) is 16.8. The lowest BCUT2D eigenvalue weighted by Crippen LogP contribution is -2.52. The molecule has 0 aliphatic carbocycles. The number of primary amides is 1. The van der Waals surface area contributed by atoms with Crippen LogP contribution in [0.2, 0.25) is 0 Å². The first-order valence-corrected chi connectivity index (χ1v) is 20.8. The number of hydrogen-bond acceptors (Lipinski definition) is 13. The van der Waals surface area contributed by atoms with Crippen molar-refractivity contribution in [1.82, 2.24) is 34.9 Å². The number of carbonyl (C=O) groups excluding carboxylic acids is 5. The van der Waals surface area contributed by atoms with Crippen LogP contribution in [0.15, 0.2) is 85.3 Å². The third-order valence-corrected chi connectivity index (χ3v) is 10.4. The van der Waals surface area contributed by atoms with E-state index in [1.54, 1.807) is 24.4 Å². The van der Waals surface area contributed by atoms with Gasteiger partial charge >= 0.3 is 0 Å². The van der Waals surface area contributed by atoms with E-state index in [0.717, 1.165) is 48.6 Å². The second kappa shape index (κ2) is 23.2. The minimum Gasteiger partial charge on any atom is -0.494 e. The molecular formula is C45H52N10O8. The van der Waals surface area contributed by atoms with Crippen LogP contribution in [0, 0.1) is 0 Å². The van der Waals surface area contributed by atoms with Gasteiger partial charge in [-0.15, -0.1) is 10.2 Å². The van der Waals surface area contributed by atoms with Crippen LogP contribution < -0.4 is 26.4 Å². The standard InChI is InChI=1S/C44H49N9O7.CH3NO/c1-52-39(50-51-42(52)37-18-19-45-29-47-37)26-46-32-9-5-8-31(25-32)24-30-12-14-33(15-13-30)60-23-4-2-3-20-58-21-7-22-59-28-41(55)48-36-11-6-10-34-35(36)27-53(44(34)57)38-16-17-40(54)49-43(38)56;2-1-3/h5-6,8-15,18-19,25,29,38,46H,2-4,7,16-17,20-24,26-28H2,1H3,(H,48,55)(H,49,54,56);1H,(H2,2,3). The minimum absolute atomic E-state index is 0.136. The SMILES string of the molecule is Cn1c(CNc2cccc(Cc3ccc(OCCCCCOCCCOCC(=O)Nc4cccc5c4CN(C4CCC(=O)NC4=O)C5=O)cc3)c2)nnc1-c1ccncn1.NC=O. The van der Waals surface area contributed by atoms with Gasteiger partial charge in [0.05, 0.1) is 13.2 Å². The van der Waals surface area contributed by atoms with Crippen LogP contribution in [0.25, 0.3) is 11.5 Å². The maximum atomic E-state index is 13.0. The predicted molar refractivity (Wildman–Crippen MR) is 232 cm³/mol. The topological polar surface area (TPSA) is 235 Å². The molecule has 2 aromatic heterocycles. The van der Waals surface area contributed by atoms with Gasteiger partial charge in [-0.1, -0.05) is 30.3 Å². The van der Waals surface area contributed by atoms with E-state index in [1.807, 2.05) is 35.9 Å². The van der Waals surface area contributed by atoms with Crippen LogP contribution in [-0.2, 0) is 55.2 Å². The lowest BCUT2D eigenvalue weighted by atomic mass is 10.0. The molecule has 3 aromatic carbocycles. The highest BCUT2D eigenvalue weighted by molar-refractivity contribution is 6.06. The molecule has 330 valence electrons. The van der Waals surface area contributed by atoms with E-state index in [9.17, 15) is 19.2 Å². The lowest BCUT2D eigenvalue weighted by Gasteiger charge is -2.29. The summed E-state index contributed by atoms with van der Waals surface area (Å²) in [6, 6.07) is 22.8. The summed E-state index contributed by atoms with van der Waals surface area (Å²) in [5.74, 6) is 0.901. The van der Waals surface area contributed by atoms with Crippen molar-refractivity contribution in [2.75, 3.05) is 43.7 Å². The summed E-state index contributed by atoms with van der Waals surface area (Å²) in [6.07, 6.45) is 8.18. The third-order valence-electron chi connectivity index (χ3n) is 10.4. The molecule has 1 unspecified atom stereocenters. The molecule has 63 heavy (non-hydrogen) atoms. The highest BCUT2D eigenvalue weighted by Gasteiger charge is 2.40. The molecule has 1 fully saturated rings. The Labute approximate surface area is 364 Å². The van der Waals surface area contributed by atoms with E-state index < -0.39 is 11.9 Å². The molecular weight excluding hydrogens is 809 g/mol. The minimum atomic E-state index is -0.720. The van der Waals surface area contributed by atoms with Gasteiger partial charge < -0.3 is 40.0 Å². The van der Waals surface area contributed by atoms with E-state index in [0.29, 0.717) is 62.0 Å². The number of amides is 5. The summed E-state index contributed by atoms with van der Waals surface area (Å²) < 4.78 is 19.2. The van der Waals surface area contributed by atoms with Crippen molar-refractivity contribution < 1.29 is 38.2 Å². The van der Waals surface area contributed by atoms with Gasteiger partial charge in [-0.25, -0.2) is 9.97 Å². The number of benzene rings is 3. The molecule has 7 rings (SSSR count). The van der Waals surface area contributed by atoms with E-state index >= 15 is 0 Å². The summed E-state index contributed by atoms with van der Waals surface area (Å²) in [6.45, 7) is 2.75. The number of imide groups is 1. The zero-order valence-electron chi connectivity index (χ0n) is 35.2. The van der Waals surface area contributed by atoms with Crippen LogP contribution in [0.3, 0.4) is 0 Å². The Morgan fingerprint density at radius 2 is 1.70 bits per heavy atom. The van der Waals surface area contributed by atoms with Crippen LogP contribution >= 0.6 is 0 Å². The smallest absolute Gasteiger partial charge is 0.255 e. The zero-order chi connectivity index (χ0) is 44.4. The number of nitrogens with two attached hydrogens (primary N) is 1. The Balaban J connectivity index is 0.00000214. The molecule has 4 heterocycles. The molecule has 5 aromatic rings. The second-order valence-corrected chi connectivity index (χ2v) is 14.8. The van der Waals surface area contributed by atoms with Crippen molar-refractivity contribution >= 4 is 41.4 Å². The number of hydrogen-bond donors (Lipinski definition) is 4. The van der Waals surface area contributed by atoms with Gasteiger partial charge in [-0.05, 0) is 92.1 Å². The van der Waals surface area contributed by atoms with E-state index in [-0.39, 0.29) is 50.1 Å². The molecule has 18 heteroatoms. The molecule has 0 radical (unpaired) electrons. The monoisotopic (exact) mass is 860 g/mol.